The molecule has 0 spiro atoms. The van der Waals surface area contributed by atoms with Crippen LogP contribution in [0.3, 0.4) is 0 Å². The summed E-state index contributed by atoms with van der Waals surface area (Å²) in [5, 5.41) is 5.05. The lowest BCUT2D eigenvalue weighted by Gasteiger charge is -2.12. The van der Waals surface area contributed by atoms with Crippen LogP contribution in [0.1, 0.15) is 0 Å². The van der Waals surface area contributed by atoms with E-state index in [-0.39, 0.29) is 0 Å². The largest absolute Gasteiger partial charge is 0.493 e. The molecule has 3 aromatic rings. The third kappa shape index (κ3) is 2.78. The van der Waals surface area contributed by atoms with Gasteiger partial charge < -0.3 is 14.8 Å². The number of hydrogen-bond donors (Lipinski definition) is 1. The maximum absolute atomic E-state index is 6.01. The van der Waals surface area contributed by atoms with E-state index in [2.05, 4.69) is 10.3 Å². The minimum atomic E-state index is 0.670. The zero-order chi connectivity index (χ0) is 15.5. The monoisotopic (exact) mass is 314 g/mol. The van der Waals surface area contributed by atoms with Crippen LogP contribution in [0, 0.1) is 0 Å². The fraction of sp³-hybridized carbons (Fsp3) is 0.118. The van der Waals surface area contributed by atoms with Gasteiger partial charge in [0.25, 0.3) is 0 Å². The van der Waals surface area contributed by atoms with Gasteiger partial charge in [-0.05, 0) is 36.4 Å². The molecule has 0 saturated heterocycles. The molecule has 5 heteroatoms. The van der Waals surface area contributed by atoms with Crippen molar-refractivity contribution in [3.8, 4) is 11.5 Å². The Bertz CT molecular complexity index is 821. The second kappa shape index (κ2) is 6.12. The van der Waals surface area contributed by atoms with Crippen LogP contribution in [0.2, 0.25) is 5.02 Å². The van der Waals surface area contributed by atoms with Crippen molar-refractivity contribution in [2.24, 2.45) is 0 Å². The Morgan fingerprint density at radius 3 is 2.55 bits per heavy atom. The lowest BCUT2D eigenvalue weighted by Crippen LogP contribution is -1.95. The van der Waals surface area contributed by atoms with Crippen LogP contribution in [-0.4, -0.2) is 19.2 Å². The van der Waals surface area contributed by atoms with Gasteiger partial charge in [-0.3, -0.25) is 4.98 Å². The Labute approximate surface area is 133 Å². The third-order valence-electron chi connectivity index (χ3n) is 3.37. The number of pyridine rings is 1. The first-order valence-corrected chi connectivity index (χ1v) is 7.12. The molecule has 0 saturated carbocycles. The molecule has 1 N–H and O–H groups in total. The van der Waals surface area contributed by atoms with E-state index in [0.29, 0.717) is 16.5 Å². The molecule has 1 heterocycles. The molecule has 0 aliphatic rings. The van der Waals surface area contributed by atoms with Crippen LogP contribution in [0.4, 0.5) is 11.4 Å². The highest BCUT2D eigenvalue weighted by atomic mass is 35.5. The van der Waals surface area contributed by atoms with Crippen LogP contribution in [-0.2, 0) is 0 Å². The normalized spacial score (nSPS) is 10.5. The van der Waals surface area contributed by atoms with Crippen LogP contribution in [0.25, 0.3) is 10.9 Å². The van der Waals surface area contributed by atoms with Gasteiger partial charge in [0.15, 0.2) is 11.5 Å². The Morgan fingerprint density at radius 2 is 1.77 bits per heavy atom. The van der Waals surface area contributed by atoms with Crippen LogP contribution in [0.15, 0.2) is 48.7 Å². The Hall–Kier alpha value is -2.46. The Balaban J connectivity index is 2.00. The maximum atomic E-state index is 6.01. The maximum Gasteiger partial charge on any atom is 0.162 e. The molecule has 0 unspecified atom stereocenters. The highest BCUT2D eigenvalue weighted by molar-refractivity contribution is 6.31. The number of anilines is 2. The van der Waals surface area contributed by atoms with E-state index >= 15 is 0 Å². The number of benzene rings is 2. The summed E-state index contributed by atoms with van der Waals surface area (Å²) in [6, 6.07) is 13.3. The zero-order valence-electron chi connectivity index (χ0n) is 12.3. The first kappa shape index (κ1) is 14.5. The summed E-state index contributed by atoms with van der Waals surface area (Å²) in [5.74, 6) is 1.37. The van der Waals surface area contributed by atoms with Crippen LogP contribution >= 0.6 is 11.6 Å². The van der Waals surface area contributed by atoms with Gasteiger partial charge in [-0.15, -0.1) is 0 Å². The molecule has 22 heavy (non-hydrogen) atoms. The van der Waals surface area contributed by atoms with E-state index in [1.54, 1.807) is 20.4 Å². The van der Waals surface area contributed by atoms with Crippen molar-refractivity contribution in [3.63, 3.8) is 0 Å². The van der Waals surface area contributed by atoms with Gasteiger partial charge in [0, 0.05) is 34.0 Å². The fourth-order valence-corrected chi connectivity index (χ4v) is 2.47. The number of halogens is 1. The predicted molar refractivity (Wildman–Crippen MR) is 89.6 cm³/mol. The minimum Gasteiger partial charge on any atom is -0.493 e. The van der Waals surface area contributed by atoms with Gasteiger partial charge in [0.05, 0.1) is 19.7 Å². The lowest BCUT2D eigenvalue weighted by molar-refractivity contribution is 0.355. The average molecular weight is 315 g/mol. The van der Waals surface area contributed by atoms with Gasteiger partial charge in [-0.1, -0.05) is 11.6 Å². The smallest absolute Gasteiger partial charge is 0.162 e. The summed E-state index contributed by atoms with van der Waals surface area (Å²) < 4.78 is 10.6. The first-order valence-electron chi connectivity index (χ1n) is 6.74. The molecule has 112 valence electrons. The Morgan fingerprint density at radius 1 is 0.955 bits per heavy atom. The van der Waals surface area contributed by atoms with Crippen molar-refractivity contribution in [1.29, 1.82) is 0 Å². The molecule has 3 rings (SSSR count). The number of hydrogen-bond acceptors (Lipinski definition) is 4. The average Bonchev–Trinajstić information content (AvgIpc) is 2.54. The molecule has 0 atom stereocenters. The van der Waals surface area contributed by atoms with Gasteiger partial charge >= 0.3 is 0 Å². The predicted octanol–water partition coefficient (Wildman–Crippen LogP) is 4.65. The number of aromatic nitrogens is 1. The summed E-state index contributed by atoms with van der Waals surface area (Å²) in [4.78, 5) is 4.34. The molecule has 0 amide bonds. The molecular formula is C17H15ClN2O2. The summed E-state index contributed by atoms with van der Waals surface area (Å²) in [5.41, 5.74) is 2.70. The summed E-state index contributed by atoms with van der Waals surface area (Å²) in [6.45, 7) is 0. The van der Waals surface area contributed by atoms with Crippen molar-refractivity contribution >= 4 is 33.9 Å². The molecule has 0 aliphatic heterocycles. The van der Waals surface area contributed by atoms with E-state index in [0.717, 1.165) is 22.3 Å². The van der Waals surface area contributed by atoms with Crippen molar-refractivity contribution in [2.45, 2.75) is 0 Å². The molecule has 4 nitrogen and oxygen atoms in total. The molecule has 0 radical (unpaired) electrons. The number of ether oxygens (including phenoxy) is 2. The minimum absolute atomic E-state index is 0.670. The van der Waals surface area contributed by atoms with E-state index in [1.165, 1.54) is 0 Å². The highest BCUT2D eigenvalue weighted by Crippen LogP contribution is 2.33. The van der Waals surface area contributed by atoms with Gasteiger partial charge in [0.1, 0.15) is 0 Å². The summed E-state index contributed by atoms with van der Waals surface area (Å²) in [7, 11) is 3.23. The van der Waals surface area contributed by atoms with Crippen LogP contribution in [0.5, 0.6) is 11.5 Å². The molecule has 0 aliphatic carbocycles. The third-order valence-corrected chi connectivity index (χ3v) is 3.60. The molecule has 0 fully saturated rings. The number of fused-ring (bicyclic) bond motifs is 1. The molecule has 1 aromatic heterocycles. The SMILES string of the molecule is COc1ccc(Nc2ccnc3cc(Cl)ccc23)cc1OC. The standard InChI is InChI=1S/C17H15ClN2O2/c1-21-16-6-4-12(10-17(16)22-2)20-14-7-8-19-15-9-11(18)3-5-13(14)15/h3-10H,1-2H3,(H,19,20). The lowest BCUT2D eigenvalue weighted by atomic mass is 10.1. The zero-order valence-corrected chi connectivity index (χ0v) is 13.0. The van der Waals surface area contributed by atoms with Crippen molar-refractivity contribution < 1.29 is 9.47 Å². The van der Waals surface area contributed by atoms with Gasteiger partial charge in [-0.25, -0.2) is 0 Å². The van der Waals surface area contributed by atoms with E-state index < -0.39 is 0 Å². The van der Waals surface area contributed by atoms with Gasteiger partial charge in [-0.2, -0.15) is 0 Å². The van der Waals surface area contributed by atoms with Gasteiger partial charge in [0.2, 0.25) is 0 Å². The second-order valence-electron chi connectivity index (χ2n) is 4.71. The van der Waals surface area contributed by atoms with Crippen molar-refractivity contribution in [3.05, 3.63) is 53.7 Å². The fourth-order valence-electron chi connectivity index (χ4n) is 2.30. The molecular weight excluding hydrogens is 300 g/mol. The van der Waals surface area contributed by atoms with Crippen molar-refractivity contribution in [2.75, 3.05) is 19.5 Å². The van der Waals surface area contributed by atoms with E-state index in [4.69, 9.17) is 21.1 Å². The van der Waals surface area contributed by atoms with Crippen molar-refractivity contribution in [1.82, 2.24) is 4.98 Å². The summed E-state index contributed by atoms with van der Waals surface area (Å²) >= 11 is 6.01. The number of nitrogens with one attached hydrogen (secondary N) is 1. The molecule has 2 aromatic carbocycles. The second-order valence-corrected chi connectivity index (χ2v) is 5.15. The van der Waals surface area contributed by atoms with Crippen LogP contribution < -0.4 is 14.8 Å². The number of nitrogens with zero attached hydrogens (tertiary/aromatic N) is 1. The van der Waals surface area contributed by atoms with E-state index in [1.807, 2.05) is 42.5 Å². The topological polar surface area (TPSA) is 43.4 Å². The van der Waals surface area contributed by atoms with E-state index in [9.17, 15) is 0 Å². The number of methoxy groups -OCH3 is 2. The summed E-state index contributed by atoms with van der Waals surface area (Å²) in [6.07, 6.45) is 1.75. The Kier molecular flexibility index (Phi) is 4.02. The highest BCUT2D eigenvalue weighted by Gasteiger charge is 2.07. The number of rotatable bonds is 4. The quantitative estimate of drug-likeness (QED) is 0.761. The first-order chi connectivity index (χ1) is 10.7. The molecule has 0 bridgehead atoms.